The molecule has 0 radical (unpaired) electrons. The van der Waals surface area contributed by atoms with Gasteiger partial charge in [-0.05, 0) is 24.1 Å². The van der Waals surface area contributed by atoms with Gasteiger partial charge in [-0.2, -0.15) is 0 Å². The molecule has 3 aromatic rings. The molecule has 2 heterocycles. The Bertz CT molecular complexity index is 1230. The summed E-state index contributed by atoms with van der Waals surface area (Å²) in [4.78, 5) is 63.9. The van der Waals surface area contributed by atoms with Gasteiger partial charge in [-0.25, -0.2) is 14.8 Å². The van der Waals surface area contributed by atoms with E-state index in [0.29, 0.717) is 17.0 Å². The SMILES string of the molecule is NC(Cc1ccc(O)cc1)C(=O)NC(Cc1cnc[nH]1)C(=O)NC(Cc1cnc[nH]1)C(=O)NC(CO)C(=O)O. The number of carbonyl (C=O) groups is 4. The highest BCUT2D eigenvalue weighted by Crippen LogP contribution is 2.11. The van der Waals surface area contributed by atoms with Crippen molar-refractivity contribution in [2.45, 2.75) is 43.4 Å². The molecule has 0 saturated carbocycles. The number of nitrogens with two attached hydrogens (primary N) is 1. The number of aliphatic hydroxyl groups is 1. The molecule has 3 rings (SSSR count). The number of carbonyl (C=O) groups excluding carboxylic acids is 3. The number of aliphatic hydroxyl groups excluding tert-OH is 1. The van der Waals surface area contributed by atoms with Crippen molar-refractivity contribution in [1.29, 1.82) is 0 Å². The molecular formula is C24H30N8O7. The molecular weight excluding hydrogens is 512 g/mol. The van der Waals surface area contributed by atoms with Crippen LogP contribution in [0.15, 0.2) is 49.3 Å². The van der Waals surface area contributed by atoms with Gasteiger partial charge in [-0.15, -0.1) is 0 Å². The van der Waals surface area contributed by atoms with E-state index < -0.39 is 54.5 Å². The van der Waals surface area contributed by atoms with Crippen LogP contribution in [-0.4, -0.2) is 89.7 Å². The number of amides is 3. The highest BCUT2D eigenvalue weighted by atomic mass is 16.4. The molecule has 1 aromatic carbocycles. The summed E-state index contributed by atoms with van der Waals surface area (Å²) < 4.78 is 0. The van der Waals surface area contributed by atoms with Gasteiger partial charge in [0.15, 0.2) is 0 Å². The van der Waals surface area contributed by atoms with Crippen molar-refractivity contribution in [2.75, 3.05) is 6.61 Å². The lowest BCUT2D eigenvalue weighted by atomic mass is 10.0. The minimum atomic E-state index is -1.59. The van der Waals surface area contributed by atoms with Crippen LogP contribution in [0.25, 0.3) is 0 Å². The Balaban J connectivity index is 1.75. The van der Waals surface area contributed by atoms with E-state index in [9.17, 15) is 34.5 Å². The Morgan fingerprint density at radius 2 is 1.28 bits per heavy atom. The van der Waals surface area contributed by atoms with E-state index in [2.05, 4.69) is 35.9 Å². The number of phenols is 1. The van der Waals surface area contributed by atoms with Crippen molar-refractivity contribution >= 4 is 23.7 Å². The Labute approximate surface area is 222 Å². The number of aromatic amines is 2. The van der Waals surface area contributed by atoms with Crippen LogP contribution in [0.5, 0.6) is 5.75 Å². The summed E-state index contributed by atoms with van der Waals surface area (Å²) in [6.07, 6.45) is 5.70. The maximum absolute atomic E-state index is 13.4. The number of imidazole rings is 2. The fourth-order valence-corrected chi connectivity index (χ4v) is 3.64. The topological polar surface area (TPSA) is 248 Å². The summed E-state index contributed by atoms with van der Waals surface area (Å²) in [6.45, 7) is -0.858. The number of nitrogens with one attached hydrogen (secondary N) is 5. The molecule has 39 heavy (non-hydrogen) atoms. The fourth-order valence-electron chi connectivity index (χ4n) is 3.64. The Hall–Kier alpha value is -4.76. The lowest BCUT2D eigenvalue weighted by Crippen LogP contribution is -2.58. The molecule has 0 spiro atoms. The second-order valence-electron chi connectivity index (χ2n) is 8.74. The van der Waals surface area contributed by atoms with Crippen LogP contribution in [0.1, 0.15) is 17.0 Å². The minimum Gasteiger partial charge on any atom is -0.508 e. The van der Waals surface area contributed by atoms with Gasteiger partial charge >= 0.3 is 5.97 Å². The summed E-state index contributed by atoms with van der Waals surface area (Å²) in [5, 5.41) is 35.2. The van der Waals surface area contributed by atoms with Gasteiger partial charge < -0.3 is 47.0 Å². The molecule has 0 saturated heterocycles. The zero-order valence-electron chi connectivity index (χ0n) is 20.7. The minimum absolute atomic E-state index is 0.0176. The number of carboxylic acid groups (broad SMARTS) is 1. The first-order chi connectivity index (χ1) is 18.7. The van der Waals surface area contributed by atoms with Crippen LogP contribution >= 0.6 is 0 Å². The number of aliphatic carboxylic acids is 1. The summed E-state index contributed by atoms with van der Waals surface area (Å²) >= 11 is 0. The fraction of sp³-hybridized carbons (Fsp3) is 0.333. The van der Waals surface area contributed by atoms with E-state index in [0.717, 1.165) is 0 Å². The number of H-pyrrole nitrogens is 2. The zero-order chi connectivity index (χ0) is 28.4. The highest BCUT2D eigenvalue weighted by molar-refractivity contribution is 5.94. The number of hydrogen-bond donors (Lipinski definition) is 9. The molecule has 10 N–H and O–H groups in total. The standard InChI is InChI=1S/C24H30N8O7/c25-17(5-13-1-3-16(34)4-2-13)21(35)30-18(6-14-8-26-11-28-14)22(36)31-19(7-15-9-27-12-29-15)23(37)32-20(10-33)24(38)39/h1-4,8-9,11-12,17-20,33-34H,5-7,10,25H2,(H,26,28)(H,27,29)(H,30,35)(H,31,36)(H,32,37)(H,38,39). The molecule has 0 aliphatic rings. The maximum Gasteiger partial charge on any atom is 0.328 e. The third-order valence-electron chi connectivity index (χ3n) is 5.75. The van der Waals surface area contributed by atoms with E-state index in [1.165, 1.54) is 37.2 Å². The van der Waals surface area contributed by atoms with Gasteiger partial charge in [0.1, 0.15) is 23.9 Å². The van der Waals surface area contributed by atoms with Gasteiger partial charge in [-0.1, -0.05) is 12.1 Å². The monoisotopic (exact) mass is 542 g/mol. The van der Waals surface area contributed by atoms with E-state index in [1.807, 2.05) is 0 Å². The molecule has 15 nitrogen and oxygen atoms in total. The van der Waals surface area contributed by atoms with Crippen molar-refractivity contribution in [3.05, 3.63) is 66.3 Å². The van der Waals surface area contributed by atoms with Crippen molar-refractivity contribution in [3.8, 4) is 5.75 Å². The van der Waals surface area contributed by atoms with Crippen LogP contribution in [0.3, 0.4) is 0 Å². The predicted molar refractivity (Wildman–Crippen MR) is 135 cm³/mol. The first kappa shape index (κ1) is 28.8. The lowest BCUT2D eigenvalue weighted by molar-refractivity contribution is -0.143. The summed E-state index contributed by atoms with van der Waals surface area (Å²) in [5.41, 5.74) is 7.75. The van der Waals surface area contributed by atoms with Crippen LogP contribution in [-0.2, 0) is 38.4 Å². The van der Waals surface area contributed by atoms with Crippen LogP contribution in [0.4, 0.5) is 0 Å². The largest absolute Gasteiger partial charge is 0.508 e. The zero-order valence-corrected chi connectivity index (χ0v) is 20.7. The van der Waals surface area contributed by atoms with Gasteiger partial charge in [0.05, 0.1) is 25.3 Å². The van der Waals surface area contributed by atoms with E-state index in [4.69, 9.17) is 5.73 Å². The number of carboxylic acids is 1. The molecule has 3 amide bonds. The second-order valence-corrected chi connectivity index (χ2v) is 8.74. The van der Waals surface area contributed by atoms with Crippen molar-refractivity contribution in [3.63, 3.8) is 0 Å². The quantitative estimate of drug-likeness (QED) is 0.106. The number of phenolic OH excluding ortho intramolecular Hbond substituents is 1. The maximum atomic E-state index is 13.4. The van der Waals surface area contributed by atoms with Crippen molar-refractivity contribution in [1.82, 2.24) is 35.9 Å². The van der Waals surface area contributed by atoms with Gasteiger partial charge in [0, 0.05) is 36.6 Å². The molecule has 208 valence electrons. The predicted octanol–water partition coefficient (Wildman–Crippen LogP) is -2.28. The Kier molecular flexibility index (Phi) is 10.1. The molecule has 2 aromatic heterocycles. The molecule has 0 aliphatic heterocycles. The van der Waals surface area contributed by atoms with Crippen LogP contribution in [0, 0.1) is 0 Å². The van der Waals surface area contributed by atoms with E-state index in [1.54, 1.807) is 12.1 Å². The van der Waals surface area contributed by atoms with E-state index >= 15 is 0 Å². The number of benzene rings is 1. The summed E-state index contributed by atoms with van der Waals surface area (Å²) in [5.74, 6) is -3.64. The van der Waals surface area contributed by atoms with Gasteiger partial charge in [0.25, 0.3) is 0 Å². The Morgan fingerprint density at radius 1 is 0.795 bits per heavy atom. The normalized spacial score (nSPS) is 14.0. The second kappa shape index (κ2) is 13.7. The number of aromatic hydroxyl groups is 1. The van der Waals surface area contributed by atoms with Gasteiger partial charge in [0.2, 0.25) is 17.7 Å². The van der Waals surface area contributed by atoms with Crippen molar-refractivity contribution < 1.29 is 34.5 Å². The number of hydrogen-bond acceptors (Lipinski definition) is 9. The third kappa shape index (κ3) is 8.65. The highest BCUT2D eigenvalue weighted by Gasteiger charge is 2.31. The van der Waals surface area contributed by atoms with Crippen molar-refractivity contribution in [2.24, 2.45) is 5.73 Å². The first-order valence-corrected chi connectivity index (χ1v) is 11.9. The smallest absolute Gasteiger partial charge is 0.328 e. The Morgan fingerprint density at radius 3 is 1.72 bits per heavy atom. The molecule has 0 fully saturated rings. The molecule has 15 heteroatoms. The van der Waals surface area contributed by atoms with E-state index in [-0.39, 0.29) is 25.0 Å². The summed E-state index contributed by atoms with van der Waals surface area (Å²) in [6, 6.07) is 1.08. The van der Waals surface area contributed by atoms with Gasteiger partial charge in [-0.3, -0.25) is 14.4 Å². The molecule has 4 atom stereocenters. The average molecular weight is 543 g/mol. The number of aromatic nitrogens is 4. The van der Waals surface area contributed by atoms with Crippen LogP contribution < -0.4 is 21.7 Å². The first-order valence-electron chi connectivity index (χ1n) is 11.9. The third-order valence-corrected chi connectivity index (χ3v) is 5.75. The van der Waals surface area contributed by atoms with Crippen LogP contribution in [0.2, 0.25) is 0 Å². The molecule has 0 aliphatic carbocycles. The molecule has 0 bridgehead atoms. The number of rotatable bonds is 14. The lowest BCUT2D eigenvalue weighted by Gasteiger charge is -2.24. The average Bonchev–Trinajstić information content (AvgIpc) is 3.62. The summed E-state index contributed by atoms with van der Waals surface area (Å²) in [7, 11) is 0. The number of nitrogens with zero attached hydrogens (tertiary/aromatic N) is 2. The molecule has 4 unspecified atom stereocenters.